The Labute approximate surface area is 110 Å². The lowest BCUT2D eigenvalue weighted by Crippen LogP contribution is -2.45. The van der Waals surface area contributed by atoms with E-state index in [1.165, 1.54) is 0 Å². The van der Waals surface area contributed by atoms with Crippen LogP contribution in [0.5, 0.6) is 0 Å². The molecular formula is C10H17F2NO5S. The Morgan fingerprint density at radius 1 is 1.37 bits per heavy atom. The second-order valence-corrected chi connectivity index (χ2v) is 6.58. The summed E-state index contributed by atoms with van der Waals surface area (Å²) in [6, 6.07) is 0. The number of hydrogen-bond donors (Lipinski definition) is 2. The van der Waals surface area contributed by atoms with E-state index in [4.69, 9.17) is 10.2 Å². The third-order valence-electron chi connectivity index (χ3n) is 3.20. The van der Waals surface area contributed by atoms with Crippen molar-refractivity contribution in [3.63, 3.8) is 0 Å². The fraction of sp³-hybridized carbons (Fsp3) is 0.900. The van der Waals surface area contributed by atoms with Crippen molar-refractivity contribution < 1.29 is 32.2 Å². The minimum atomic E-state index is -4.14. The number of aliphatic hydroxyl groups is 1. The molecule has 0 saturated heterocycles. The second-order valence-electron chi connectivity index (χ2n) is 4.43. The van der Waals surface area contributed by atoms with Gasteiger partial charge in [0.05, 0.1) is 24.3 Å². The lowest BCUT2D eigenvalue weighted by Gasteiger charge is -2.26. The maximum Gasteiger partial charge on any atom is 0.307 e. The Hall–Kier alpha value is -0.800. The van der Waals surface area contributed by atoms with Gasteiger partial charge in [0.1, 0.15) is 0 Å². The smallest absolute Gasteiger partial charge is 0.307 e. The Morgan fingerprint density at radius 2 is 2.00 bits per heavy atom. The highest BCUT2D eigenvalue weighted by Gasteiger charge is 2.44. The summed E-state index contributed by atoms with van der Waals surface area (Å²) in [5.74, 6) is -2.30. The van der Waals surface area contributed by atoms with Crippen LogP contribution in [-0.2, 0) is 14.8 Å². The minimum Gasteiger partial charge on any atom is -0.481 e. The number of alkyl halides is 2. The number of carboxylic acids is 1. The molecule has 0 spiro atoms. The molecule has 2 N–H and O–H groups in total. The van der Waals surface area contributed by atoms with Crippen LogP contribution in [0.2, 0.25) is 0 Å². The summed E-state index contributed by atoms with van der Waals surface area (Å²) in [5.41, 5.74) is 0. The van der Waals surface area contributed by atoms with E-state index >= 15 is 0 Å². The van der Waals surface area contributed by atoms with E-state index < -0.39 is 53.3 Å². The quantitative estimate of drug-likeness (QED) is 0.697. The molecule has 0 heterocycles. The SMILES string of the molecule is O=C(O)C1CCCC1S(=O)(=O)N(CCO)CC(F)F. The van der Waals surface area contributed by atoms with Crippen LogP contribution in [0.3, 0.4) is 0 Å². The van der Waals surface area contributed by atoms with Crippen LogP contribution < -0.4 is 0 Å². The molecular weight excluding hydrogens is 284 g/mol. The Bertz CT molecular complexity index is 414. The molecule has 2 unspecified atom stereocenters. The molecule has 1 rings (SSSR count). The number of sulfonamides is 1. The number of carboxylic acid groups (broad SMARTS) is 1. The van der Waals surface area contributed by atoms with Crippen molar-refractivity contribution in [2.45, 2.75) is 30.9 Å². The molecule has 2 atom stereocenters. The zero-order valence-electron chi connectivity index (χ0n) is 10.2. The molecule has 9 heteroatoms. The van der Waals surface area contributed by atoms with Gasteiger partial charge in [0.25, 0.3) is 6.43 Å². The summed E-state index contributed by atoms with van der Waals surface area (Å²) in [5, 5.41) is 16.5. The van der Waals surface area contributed by atoms with Gasteiger partial charge in [0, 0.05) is 6.54 Å². The van der Waals surface area contributed by atoms with Crippen LogP contribution in [0.4, 0.5) is 8.78 Å². The van der Waals surface area contributed by atoms with Crippen molar-refractivity contribution in [2.24, 2.45) is 5.92 Å². The van der Waals surface area contributed by atoms with Crippen LogP contribution in [-0.4, -0.2) is 60.3 Å². The first-order chi connectivity index (χ1) is 8.80. The average molecular weight is 301 g/mol. The van der Waals surface area contributed by atoms with Crippen molar-refractivity contribution in [1.82, 2.24) is 4.31 Å². The summed E-state index contributed by atoms with van der Waals surface area (Å²) in [7, 11) is -4.14. The average Bonchev–Trinajstić information content (AvgIpc) is 2.77. The Kier molecular flexibility index (Phi) is 5.63. The predicted molar refractivity (Wildman–Crippen MR) is 62.3 cm³/mol. The fourth-order valence-electron chi connectivity index (χ4n) is 2.34. The number of hydrogen-bond acceptors (Lipinski definition) is 4. The largest absolute Gasteiger partial charge is 0.481 e. The van der Waals surface area contributed by atoms with E-state index in [2.05, 4.69) is 0 Å². The van der Waals surface area contributed by atoms with Crippen molar-refractivity contribution >= 4 is 16.0 Å². The molecule has 1 saturated carbocycles. The third kappa shape index (κ3) is 3.83. The van der Waals surface area contributed by atoms with Crippen molar-refractivity contribution in [1.29, 1.82) is 0 Å². The van der Waals surface area contributed by atoms with Gasteiger partial charge in [-0.1, -0.05) is 6.42 Å². The molecule has 0 aromatic rings. The number of nitrogens with zero attached hydrogens (tertiary/aromatic N) is 1. The van der Waals surface area contributed by atoms with Crippen LogP contribution in [0.1, 0.15) is 19.3 Å². The van der Waals surface area contributed by atoms with Gasteiger partial charge in [0.2, 0.25) is 10.0 Å². The molecule has 6 nitrogen and oxygen atoms in total. The van der Waals surface area contributed by atoms with Gasteiger partial charge in [-0.2, -0.15) is 4.31 Å². The molecule has 0 radical (unpaired) electrons. The first kappa shape index (κ1) is 16.3. The van der Waals surface area contributed by atoms with Gasteiger partial charge in [-0.3, -0.25) is 4.79 Å². The number of carbonyl (C=O) groups is 1. The highest BCUT2D eigenvalue weighted by Crippen LogP contribution is 2.33. The number of aliphatic hydroxyl groups excluding tert-OH is 1. The second kappa shape index (κ2) is 6.58. The summed E-state index contributed by atoms with van der Waals surface area (Å²) >= 11 is 0. The normalized spacial score (nSPS) is 24.3. The topological polar surface area (TPSA) is 94.9 Å². The fourth-order valence-corrected chi connectivity index (χ4v) is 4.52. The first-order valence-corrected chi connectivity index (χ1v) is 7.41. The molecule has 0 aromatic carbocycles. The predicted octanol–water partition coefficient (Wildman–Crippen LogP) is 0.129. The van der Waals surface area contributed by atoms with Gasteiger partial charge >= 0.3 is 5.97 Å². The minimum absolute atomic E-state index is 0.143. The lowest BCUT2D eigenvalue weighted by atomic mass is 10.1. The van der Waals surface area contributed by atoms with Crippen LogP contribution >= 0.6 is 0 Å². The molecule has 0 amide bonds. The summed E-state index contributed by atoms with van der Waals surface area (Å²) in [6.45, 7) is -2.06. The third-order valence-corrected chi connectivity index (χ3v) is 5.58. The molecule has 112 valence electrons. The summed E-state index contributed by atoms with van der Waals surface area (Å²) < 4.78 is 49.6. The Balaban J connectivity index is 2.95. The maximum atomic E-state index is 12.4. The van der Waals surface area contributed by atoms with E-state index in [1.807, 2.05) is 0 Å². The maximum absolute atomic E-state index is 12.4. The summed E-state index contributed by atoms with van der Waals surface area (Å²) in [4.78, 5) is 11.0. The Morgan fingerprint density at radius 3 is 2.47 bits per heavy atom. The summed E-state index contributed by atoms with van der Waals surface area (Å²) in [6.07, 6.45) is -2.07. The highest BCUT2D eigenvalue weighted by atomic mass is 32.2. The molecule has 1 aliphatic rings. The number of halogens is 2. The van der Waals surface area contributed by atoms with Gasteiger partial charge in [-0.25, -0.2) is 17.2 Å². The van der Waals surface area contributed by atoms with E-state index in [0.717, 1.165) is 0 Å². The number of aliphatic carboxylic acids is 1. The van der Waals surface area contributed by atoms with E-state index in [0.29, 0.717) is 10.7 Å². The van der Waals surface area contributed by atoms with E-state index in [-0.39, 0.29) is 12.8 Å². The molecule has 0 bridgehead atoms. The molecule has 19 heavy (non-hydrogen) atoms. The van der Waals surface area contributed by atoms with Crippen molar-refractivity contribution in [3.8, 4) is 0 Å². The van der Waals surface area contributed by atoms with Crippen LogP contribution in [0, 0.1) is 5.92 Å². The number of rotatable bonds is 7. The van der Waals surface area contributed by atoms with Crippen molar-refractivity contribution in [2.75, 3.05) is 19.7 Å². The van der Waals surface area contributed by atoms with E-state index in [9.17, 15) is 22.0 Å². The molecule has 1 fully saturated rings. The lowest BCUT2D eigenvalue weighted by molar-refractivity contribution is -0.141. The van der Waals surface area contributed by atoms with Gasteiger partial charge < -0.3 is 10.2 Å². The zero-order valence-corrected chi connectivity index (χ0v) is 11.0. The standard InChI is InChI=1S/C10H17F2NO5S/c11-9(12)6-13(4-5-14)19(17,18)8-3-1-2-7(8)10(15)16/h7-9,14H,1-6H2,(H,15,16). The molecule has 1 aliphatic carbocycles. The van der Waals surface area contributed by atoms with E-state index in [1.54, 1.807) is 0 Å². The first-order valence-electron chi connectivity index (χ1n) is 5.91. The highest BCUT2D eigenvalue weighted by molar-refractivity contribution is 7.89. The molecule has 0 aliphatic heterocycles. The monoisotopic (exact) mass is 301 g/mol. The van der Waals surface area contributed by atoms with Crippen LogP contribution in [0.25, 0.3) is 0 Å². The zero-order chi connectivity index (χ0) is 14.6. The van der Waals surface area contributed by atoms with Gasteiger partial charge in [0.15, 0.2) is 0 Å². The molecule has 0 aromatic heterocycles. The van der Waals surface area contributed by atoms with Gasteiger partial charge in [-0.15, -0.1) is 0 Å². The van der Waals surface area contributed by atoms with Crippen LogP contribution in [0.15, 0.2) is 0 Å². The van der Waals surface area contributed by atoms with Gasteiger partial charge in [-0.05, 0) is 12.8 Å². The van der Waals surface area contributed by atoms with Crippen molar-refractivity contribution in [3.05, 3.63) is 0 Å².